The number of furan rings is 1. The minimum atomic E-state index is -1.13. The van der Waals surface area contributed by atoms with E-state index in [2.05, 4.69) is 15.3 Å². The van der Waals surface area contributed by atoms with Gasteiger partial charge in [0, 0.05) is 12.8 Å². The summed E-state index contributed by atoms with van der Waals surface area (Å²) in [6.07, 6.45) is 0.780. The first-order valence-electron chi connectivity index (χ1n) is 7.97. The van der Waals surface area contributed by atoms with Gasteiger partial charge in [0.25, 0.3) is 0 Å². The van der Waals surface area contributed by atoms with Crippen molar-refractivity contribution in [3.63, 3.8) is 0 Å². The zero-order chi connectivity index (χ0) is 18.0. The Morgan fingerprint density at radius 2 is 2.04 bits per heavy atom. The molecule has 0 radical (unpaired) electrons. The van der Waals surface area contributed by atoms with E-state index in [4.69, 9.17) is 9.52 Å². The van der Waals surface area contributed by atoms with E-state index < -0.39 is 5.97 Å². The van der Waals surface area contributed by atoms with E-state index in [1.165, 1.54) is 17.7 Å². The molecule has 7 nitrogen and oxygen atoms in total. The Labute approximate surface area is 144 Å². The first kappa shape index (κ1) is 16.8. The van der Waals surface area contributed by atoms with Gasteiger partial charge in [0.2, 0.25) is 11.7 Å². The van der Waals surface area contributed by atoms with Gasteiger partial charge in [-0.25, -0.2) is 9.78 Å². The topological polar surface area (TPSA) is 108 Å². The van der Waals surface area contributed by atoms with E-state index in [0.29, 0.717) is 12.2 Å². The molecule has 130 valence electrons. The molecule has 0 atom stereocenters. The maximum absolute atomic E-state index is 12.0. The van der Waals surface area contributed by atoms with Gasteiger partial charge in [-0.3, -0.25) is 4.79 Å². The standard InChI is InChI=1S/C18H19N3O4/c1-10-3-5-13-17(11(10)2)21-15(20-13)7-8-16(22)19-9-12-4-6-14(25-12)18(23)24/h3-6H,7-9H2,1-2H3,(H,19,22)(H,20,21)(H,23,24). The van der Waals surface area contributed by atoms with Gasteiger partial charge < -0.3 is 19.8 Å². The number of benzene rings is 1. The monoisotopic (exact) mass is 341 g/mol. The van der Waals surface area contributed by atoms with Crippen LogP contribution in [0.3, 0.4) is 0 Å². The number of aromatic nitrogens is 2. The lowest BCUT2D eigenvalue weighted by atomic mass is 10.1. The van der Waals surface area contributed by atoms with Crippen LogP contribution in [-0.2, 0) is 17.8 Å². The maximum atomic E-state index is 12.0. The molecule has 0 aliphatic carbocycles. The second-order valence-electron chi connectivity index (χ2n) is 5.93. The Morgan fingerprint density at radius 3 is 2.76 bits per heavy atom. The van der Waals surface area contributed by atoms with Crippen LogP contribution in [0.25, 0.3) is 11.0 Å². The number of aromatic amines is 1. The molecule has 25 heavy (non-hydrogen) atoms. The number of aromatic carboxylic acids is 1. The number of nitrogens with one attached hydrogen (secondary N) is 2. The highest BCUT2D eigenvalue weighted by Crippen LogP contribution is 2.19. The molecule has 1 amide bonds. The molecular weight excluding hydrogens is 322 g/mol. The second kappa shape index (κ2) is 6.80. The molecule has 0 aliphatic heterocycles. The highest BCUT2D eigenvalue weighted by atomic mass is 16.4. The number of nitrogens with zero attached hydrogens (tertiary/aromatic N) is 1. The number of aryl methyl sites for hydroxylation is 3. The summed E-state index contributed by atoms with van der Waals surface area (Å²) >= 11 is 0. The van der Waals surface area contributed by atoms with Crippen molar-refractivity contribution in [3.8, 4) is 0 Å². The van der Waals surface area contributed by atoms with Gasteiger partial charge in [-0.05, 0) is 43.2 Å². The third-order valence-electron chi connectivity index (χ3n) is 4.15. The van der Waals surface area contributed by atoms with Crippen LogP contribution in [0.15, 0.2) is 28.7 Å². The summed E-state index contributed by atoms with van der Waals surface area (Å²) in [5.41, 5.74) is 4.22. The minimum Gasteiger partial charge on any atom is -0.475 e. The molecule has 2 aromatic heterocycles. The summed E-state index contributed by atoms with van der Waals surface area (Å²) < 4.78 is 5.09. The van der Waals surface area contributed by atoms with Gasteiger partial charge >= 0.3 is 5.97 Å². The number of H-pyrrole nitrogens is 1. The van der Waals surface area contributed by atoms with E-state index in [-0.39, 0.29) is 24.6 Å². The number of hydrogen-bond acceptors (Lipinski definition) is 4. The molecule has 0 spiro atoms. The molecule has 0 saturated heterocycles. The third-order valence-corrected chi connectivity index (χ3v) is 4.15. The Kier molecular flexibility index (Phi) is 4.56. The van der Waals surface area contributed by atoms with Gasteiger partial charge in [0.15, 0.2) is 0 Å². The van der Waals surface area contributed by atoms with Crippen molar-refractivity contribution in [1.82, 2.24) is 15.3 Å². The van der Waals surface area contributed by atoms with Crippen LogP contribution in [0.5, 0.6) is 0 Å². The van der Waals surface area contributed by atoms with Crippen molar-refractivity contribution in [2.75, 3.05) is 0 Å². The zero-order valence-corrected chi connectivity index (χ0v) is 14.0. The summed E-state index contributed by atoms with van der Waals surface area (Å²) in [4.78, 5) is 30.5. The highest BCUT2D eigenvalue weighted by molar-refractivity contribution is 5.84. The molecule has 0 aliphatic rings. The number of hydrogen-bond donors (Lipinski definition) is 3. The van der Waals surface area contributed by atoms with E-state index in [0.717, 1.165) is 22.4 Å². The van der Waals surface area contributed by atoms with Crippen molar-refractivity contribution >= 4 is 22.9 Å². The summed E-state index contributed by atoms with van der Waals surface area (Å²) in [5, 5.41) is 11.5. The predicted molar refractivity (Wildman–Crippen MR) is 91.4 cm³/mol. The van der Waals surface area contributed by atoms with Gasteiger partial charge in [-0.2, -0.15) is 0 Å². The first-order valence-corrected chi connectivity index (χ1v) is 7.97. The molecule has 3 rings (SSSR count). The largest absolute Gasteiger partial charge is 0.475 e. The predicted octanol–water partition coefficient (Wildman–Crippen LogP) is 2.72. The van der Waals surface area contributed by atoms with Gasteiger partial charge in [-0.15, -0.1) is 0 Å². The van der Waals surface area contributed by atoms with Gasteiger partial charge in [-0.1, -0.05) is 6.07 Å². The maximum Gasteiger partial charge on any atom is 0.371 e. The lowest BCUT2D eigenvalue weighted by molar-refractivity contribution is -0.121. The average Bonchev–Trinajstić information content (AvgIpc) is 3.21. The summed E-state index contributed by atoms with van der Waals surface area (Å²) in [7, 11) is 0. The molecule has 3 N–H and O–H groups in total. The smallest absolute Gasteiger partial charge is 0.371 e. The molecule has 0 unspecified atom stereocenters. The first-order chi connectivity index (χ1) is 11.9. The number of fused-ring (bicyclic) bond motifs is 1. The Balaban J connectivity index is 1.55. The number of carbonyl (C=O) groups excluding carboxylic acids is 1. The van der Waals surface area contributed by atoms with Crippen LogP contribution in [0, 0.1) is 13.8 Å². The van der Waals surface area contributed by atoms with Gasteiger partial charge in [0.1, 0.15) is 11.6 Å². The fraction of sp³-hybridized carbons (Fsp3) is 0.278. The number of imidazole rings is 1. The number of amides is 1. The lowest BCUT2D eigenvalue weighted by Crippen LogP contribution is -2.22. The quantitative estimate of drug-likeness (QED) is 0.639. The fourth-order valence-electron chi connectivity index (χ4n) is 2.58. The average molecular weight is 341 g/mol. The molecule has 3 aromatic rings. The molecule has 0 bridgehead atoms. The van der Waals surface area contributed by atoms with E-state index in [1.807, 2.05) is 26.0 Å². The van der Waals surface area contributed by atoms with Crippen LogP contribution in [-0.4, -0.2) is 27.0 Å². The van der Waals surface area contributed by atoms with Crippen molar-refractivity contribution in [2.24, 2.45) is 0 Å². The van der Waals surface area contributed by atoms with Crippen molar-refractivity contribution in [1.29, 1.82) is 0 Å². The fourth-order valence-corrected chi connectivity index (χ4v) is 2.58. The number of carbonyl (C=O) groups is 2. The van der Waals surface area contributed by atoms with Crippen LogP contribution in [0.1, 0.15) is 39.7 Å². The minimum absolute atomic E-state index is 0.141. The van der Waals surface area contributed by atoms with Gasteiger partial charge in [0.05, 0.1) is 17.6 Å². The third kappa shape index (κ3) is 3.71. The molecule has 1 aromatic carbocycles. The van der Waals surface area contributed by atoms with E-state index in [9.17, 15) is 9.59 Å². The summed E-state index contributed by atoms with van der Waals surface area (Å²) in [5.74, 6) is -0.252. The molecular formula is C18H19N3O4. The molecule has 7 heteroatoms. The van der Waals surface area contributed by atoms with Crippen LogP contribution >= 0.6 is 0 Å². The zero-order valence-electron chi connectivity index (χ0n) is 14.0. The van der Waals surface area contributed by atoms with Crippen molar-refractivity contribution in [3.05, 3.63) is 52.7 Å². The Morgan fingerprint density at radius 1 is 1.24 bits per heavy atom. The van der Waals surface area contributed by atoms with Crippen molar-refractivity contribution in [2.45, 2.75) is 33.2 Å². The second-order valence-corrected chi connectivity index (χ2v) is 5.93. The SMILES string of the molecule is Cc1ccc2[nH]c(CCC(=O)NCc3ccc(C(=O)O)o3)nc2c1C. The molecule has 0 saturated carbocycles. The number of carboxylic acids is 1. The van der Waals surface area contributed by atoms with Crippen LogP contribution < -0.4 is 5.32 Å². The summed E-state index contributed by atoms with van der Waals surface area (Å²) in [6, 6.07) is 6.93. The van der Waals surface area contributed by atoms with E-state index in [1.54, 1.807) is 0 Å². The number of rotatable bonds is 6. The van der Waals surface area contributed by atoms with Crippen LogP contribution in [0.4, 0.5) is 0 Å². The molecule has 2 heterocycles. The normalized spacial score (nSPS) is 11.0. The van der Waals surface area contributed by atoms with Crippen molar-refractivity contribution < 1.29 is 19.1 Å². The van der Waals surface area contributed by atoms with E-state index >= 15 is 0 Å². The number of carboxylic acid groups (broad SMARTS) is 1. The summed E-state index contributed by atoms with van der Waals surface area (Å²) in [6.45, 7) is 4.23. The highest BCUT2D eigenvalue weighted by Gasteiger charge is 2.11. The Bertz CT molecular complexity index is 939. The molecule has 0 fully saturated rings. The lowest BCUT2D eigenvalue weighted by Gasteiger charge is -2.02. The Hall–Kier alpha value is -3.09. The van der Waals surface area contributed by atoms with Crippen LogP contribution in [0.2, 0.25) is 0 Å².